The van der Waals surface area contributed by atoms with E-state index in [9.17, 15) is 4.79 Å². The van der Waals surface area contributed by atoms with Crippen molar-refractivity contribution in [2.24, 2.45) is 0 Å². The Morgan fingerprint density at radius 1 is 1.38 bits per heavy atom. The molecule has 1 aromatic heterocycles. The van der Waals surface area contributed by atoms with E-state index in [1.165, 1.54) is 32.1 Å². The number of rotatable bonds is 3. The first-order chi connectivity index (χ1) is 10.3. The molecule has 1 spiro atoms. The highest BCUT2D eigenvalue weighted by Gasteiger charge is 2.37. The molecule has 1 aliphatic heterocycles. The molecule has 114 valence electrons. The van der Waals surface area contributed by atoms with Gasteiger partial charge in [0.15, 0.2) is 0 Å². The average molecular weight is 288 g/mol. The van der Waals surface area contributed by atoms with Crippen molar-refractivity contribution in [3.63, 3.8) is 0 Å². The Bertz CT molecular complexity index is 481. The summed E-state index contributed by atoms with van der Waals surface area (Å²) in [6, 6.07) is 3.95. The quantitative estimate of drug-likeness (QED) is 0.841. The molecule has 2 heterocycles. The van der Waals surface area contributed by atoms with Gasteiger partial charge in [-0.15, -0.1) is 0 Å². The SMILES string of the molecule is O=C(/C=C/c1ccco1)NC1CCNC2(CCCCC2)C1. The summed E-state index contributed by atoms with van der Waals surface area (Å²) in [6.07, 6.45) is 13.4. The normalized spacial score (nSPS) is 25.2. The van der Waals surface area contributed by atoms with Crippen LogP contribution in [-0.4, -0.2) is 24.0 Å². The van der Waals surface area contributed by atoms with Crippen molar-refractivity contribution in [1.29, 1.82) is 0 Å². The van der Waals surface area contributed by atoms with E-state index in [4.69, 9.17) is 4.42 Å². The molecule has 2 fully saturated rings. The number of nitrogens with one attached hydrogen (secondary N) is 2. The summed E-state index contributed by atoms with van der Waals surface area (Å²) >= 11 is 0. The van der Waals surface area contributed by atoms with Crippen molar-refractivity contribution >= 4 is 12.0 Å². The first kappa shape index (κ1) is 14.4. The third-order valence-electron chi connectivity index (χ3n) is 4.73. The second-order valence-electron chi connectivity index (χ2n) is 6.31. The minimum Gasteiger partial charge on any atom is -0.465 e. The van der Waals surface area contributed by atoms with Crippen LogP contribution < -0.4 is 10.6 Å². The van der Waals surface area contributed by atoms with Crippen LogP contribution in [0.3, 0.4) is 0 Å². The predicted molar refractivity (Wildman–Crippen MR) is 82.7 cm³/mol. The number of amides is 1. The maximum Gasteiger partial charge on any atom is 0.244 e. The van der Waals surface area contributed by atoms with Gasteiger partial charge in [-0.25, -0.2) is 0 Å². The summed E-state index contributed by atoms with van der Waals surface area (Å²) in [6.45, 7) is 1.01. The van der Waals surface area contributed by atoms with Gasteiger partial charge in [0.2, 0.25) is 5.91 Å². The molecule has 0 radical (unpaired) electrons. The number of furan rings is 1. The molecule has 2 aliphatic rings. The van der Waals surface area contributed by atoms with Gasteiger partial charge in [0.05, 0.1) is 6.26 Å². The molecule has 3 rings (SSSR count). The predicted octanol–water partition coefficient (Wildman–Crippen LogP) is 2.86. The van der Waals surface area contributed by atoms with Gasteiger partial charge in [-0.05, 0) is 50.4 Å². The third kappa shape index (κ3) is 3.76. The van der Waals surface area contributed by atoms with Gasteiger partial charge in [-0.3, -0.25) is 4.79 Å². The summed E-state index contributed by atoms with van der Waals surface area (Å²) in [5.74, 6) is 0.684. The molecule has 4 nitrogen and oxygen atoms in total. The Morgan fingerprint density at radius 2 is 2.24 bits per heavy atom. The monoisotopic (exact) mass is 288 g/mol. The van der Waals surface area contributed by atoms with Crippen LogP contribution in [0.1, 0.15) is 50.7 Å². The van der Waals surface area contributed by atoms with Gasteiger partial charge in [0.25, 0.3) is 0 Å². The fourth-order valence-electron chi connectivity index (χ4n) is 3.68. The molecule has 1 saturated heterocycles. The zero-order valence-electron chi connectivity index (χ0n) is 12.4. The lowest BCUT2D eigenvalue weighted by molar-refractivity contribution is -0.117. The van der Waals surface area contributed by atoms with E-state index >= 15 is 0 Å². The smallest absolute Gasteiger partial charge is 0.244 e. The Hall–Kier alpha value is -1.55. The molecule has 1 unspecified atom stereocenters. The fourth-order valence-corrected chi connectivity index (χ4v) is 3.68. The molecule has 1 saturated carbocycles. The zero-order valence-corrected chi connectivity index (χ0v) is 12.4. The van der Waals surface area contributed by atoms with Gasteiger partial charge < -0.3 is 15.1 Å². The van der Waals surface area contributed by atoms with Crippen molar-refractivity contribution in [2.45, 2.75) is 56.5 Å². The second-order valence-corrected chi connectivity index (χ2v) is 6.31. The molecular formula is C17H24N2O2. The van der Waals surface area contributed by atoms with E-state index in [1.807, 2.05) is 12.1 Å². The van der Waals surface area contributed by atoms with Crippen molar-refractivity contribution in [3.05, 3.63) is 30.2 Å². The van der Waals surface area contributed by atoms with Crippen LogP contribution in [0.15, 0.2) is 28.9 Å². The molecular weight excluding hydrogens is 264 g/mol. The molecule has 1 amide bonds. The zero-order chi connectivity index (χ0) is 14.5. The molecule has 1 atom stereocenters. The minimum atomic E-state index is -0.0238. The van der Waals surface area contributed by atoms with Gasteiger partial charge >= 0.3 is 0 Å². The molecule has 21 heavy (non-hydrogen) atoms. The third-order valence-corrected chi connectivity index (χ3v) is 4.73. The number of carbonyl (C=O) groups excluding carboxylic acids is 1. The number of hydrogen-bond acceptors (Lipinski definition) is 3. The highest BCUT2D eigenvalue weighted by atomic mass is 16.3. The standard InChI is InChI=1S/C17H24N2O2/c20-16(7-6-15-5-4-12-21-15)19-14-8-11-18-17(13-14)9-2-1-3-10-17/h4-7,12,14,18H,1-3,8-11,13H2,(H,19,20)/b7-6+. The number of piperidine rings is 1. The summed E-state index contributed by atoms with van der Waals surface area (Å²) < 4.78 is 5.19. The Kier molecular flexibility index (Phi) is 4.44. The van der Waals surface area contributed by atoms with Gasteiger partial charge in [-0.2, -0.15) is 0 Å². The molecule has 0 aromatic carbocycles. The summed E-state index contributed by atoms with van der Waals surface area (Å²) in [5, 5.41) is 6.85. The molecule has 0 bridgehead atoms. The lowest BCUT2D eigenvalue weighted by Gasteiger charge is -2.44. The highest BCUT2D eigenvalue weighted by molar-refractivity contribution is 5.91. The van der Waals surface area contributed by atoms with Crippen LogP contribution in [0.4, 0.5) is 0 Å². The van der Waals surface area contributed by atoms with Crippen LogP contribution in [-0.2, 0) is 4.79 Å². The first-order valence-electron chi connectivity index (χ1n) is 8.03. The van der Waals surface area contributed by atoms with Crippen molar-refractivity contribution in [1.82, 2.24) is 10.6 Å². The number of carbonyl (C=O) groups is 1. The van der Waals surface area contributed by atoms with E-state index < -0.39 is 0 Å². The van der Waals surface area contributed by atoms with Gasteiger partial charge in [0.1, 0.15) is 5.76 Å². The Labute approximate surface area is 126 Å². The summed E-state index contributed by atoms with van der Waals surface area (Å²) in [7, 11) is 0. The van der Waals surface area contributed by atoms with Crippen LogP contribution in [0, 0.1) is 0 Å². The first-order valence-corrected chi connectivity index (χ1v) is 8.03. The Balaban J connectivity index is 1.53. The van der Waals surface area contributed by atoms with E-state index in [2.05, 4.69) is 10.6 Å². The molecule has 2 N–H and O–H groups in total. The van der Waals surface area contributed by atoms with Crippen LogP contribution in [0.25, 0.3) is 6.08 Å². The molecule has 1 aromatic rings. The van der Waals surface area contributed by atoms with E-state index in [0.717, 1.165) is 19.4 Å². The molecule has 1 aliphatic carbocycles. The topological polar surface area (TPSA) is 54.3 Å². The molecule has 4 heteroatoms. The van der Waals surface area contributed by atoms with Crippen LogP contribution in [0.5, 0.6) is 0 Å². The summed E-state index contributed by atoms with van der Waals surface area (Å²) in [5.41, 5.74) is 0.277. The van der Waals surface area contributed by atoms with E-state index in [1.54, 1.807) is 18.4 Å². The Morgan fingerprint density at radius 3 is 3.00 bits per heavy atom. The second kappa shape index (κ2) is 6.48. The maximum atomic E-state index is 12.0. The fraction of sp³-hybridized carbons (Fsp3) is 0.588. The largest absolute Gasteiger partial charge is 0.465 e. The van der Waals surface area contributed by atoms with E-state index in [-0.39, 0.29) is 17.5 Å². The lowest BCUT2D eigenvalue weighted by Crippen LogP contribution is -2.56. The van der Waals surface area contributed by atoms with Crippen LogP contribution in [0.2, 0.25) is 0 Å². The highest BCUT2D eigenvalue weighted by Crippen LogP contribution is 2.34. The average Bonchev–Trinajstić information content (AvgIpc) is 2.99. The summed E-state index contributed by atoms with van der Waals surface area (Å²) in [4.78, 5) is 12.0. The minimum absolute atomic E-state index is 0.0238. The van der Waals surface area contributed by atoms with Gasteiger partial charge in [0, 0.05) is 17.7 Å². The van der Waals surface area contributed by atoms with Crippen LogP contribution >= 0.6 is 0 Å². The van der Waals surface area contributed by atoms with Crippen molar-refractivity contribution in [2.75, 3.05) is 6.54 Å². The number of hydrogen-bond donors (Lipinski definition) is 2. The van der Waals surface area contributed by atoms with E-state index in [0.29, 0.717) is 5.76 Å². The lowest BCUT2D eigenvalue weighted by atomic mass is 9.75. The van der Waals surface area contributed by atoms with Crippen molar-refractivity contribution < 1.29 is 9.21 Å². The maximum absolute atomic E-state index is 12.0. The van der Waals surface area contributed by atoms with Crippen molar-refractivity contribution in [3.8, 4) is 0 Å². The van der Waals surface area contributed by atoms with Gasteiger partial charge in [-0.1, -0.05) is 19.3 Å².